The molecule has 0 saturated carbocycles. The molecule has 2 rings (SSSR count). The van der Waals surface area contributed by atoms with Gasteiger partial charge in [-0.05, 0) is 43.5 Å². The fraction of sp³-hybridized carbons (Fsp3) is 0.500. The Morgan fingerprint density at radius 2 is 1.90 bits per heavy atom. The Morgan fingerprint density at radius 3 is 2.60 bits per heavy atom. The standard InChI is InChI=1S/C20H28N4O6/c1-3-29-17-12-15(13-22-23-20(27)19(26)21-8-11-28-2)6-7-16(17)30-14-18(25)24-9-4-5-10-24/h6-7,12-13H,3-5,8-11,14H2,1-2H3,(H,21,26)(H,23,27)/b22-13-. The van der Waals surface area contributed by atoms with Crippen LogP contribution >= 0.6 is 0 Å². The van der Waals surface area contributed by atoms with Gasteiger partial charge in [-0.3, -0.25) is 14.4 Å². The van der Waals surface area contributed by atoms with Gasteiger partial charge >= 0.3 is 11.8 Å². The Kier molecular flexibility index (Phi) is 9.59. The van der Waals surface area contributed by atoms with Crippen molar-refractivity contribution in [2.75, 3.05) is 46.6 Å². The summed E-state index contributed by atoms with van der Waals surface area (Å²) < 4.78 is 16.0. The van der Waals surface area contributed by atoms with Crippen molar-refractivity contribution in [2.24, 2.45) is 5.10 Å². The molecule has 1 heterocycles. The number of amides is 3. The van der Waals surface area contributed by atoms with Crippen molar-refractivity contribution in [3.05, 3.63) is 23.8 Å². The number of ether oxygens (including phenoxy) is 3. The maximum atomic E-state index is 12.2. The first-order chi connectivity index (χ1) is 14.5. The van der Waals surface area contributed by atoms with Gasteiger partial charge in [0.2, 0.25) is 0 Å². The summed E-state index contributed by atoms with van der Waals surface area (Å²) in [6.07, 6.45) is 3.42. The SMILES string of the molecule is CCOc1cc(/C=N\NC(=O)C(=O)NCCOC)ccc1OCC(=O)N1CCCC1. The van der Waals surface area contributed by atoms with Crippen LogP contribution in [0.3, 0.4) is 0 Å². The van der Waals surface area contributed by atoms with Gasteiger partial charge in [-0.1, -0.05) is 0 Å². The van der Waals surface area contributed by atoms with Crippen LogP contribution in [-0.2, 0) is 19.1 Å². The topological polar surface area (TPSA) is 119 Å². The third-order valence-electron chi connectivity index (χ3n) is 4.26. The van der Waals surface area contributed by atoms with E-state index in [0.717, 1.165) is 25.9 Å². The van der Waals surface area contributed by atoms with E-state index in [0.29, 0.717) is 30.3 Å². The molecule has 0 bridgehead atoms. The summed E-state index contributed by atoms with van der Waals surface area (Å²) >= 11 is 0. The summed E-state index contributed by atoms with van der Waals surface area (Å²) in [5, 5.41) is 6.17. The highest BCUT2D eigenvalue weighted by atomic mass is 16.5. The second kappa shape index (κ2) is 12.4. The summed E-state index contributed by atoms with van der Waals surface area (Å²) in [6.45, 7) is 4.27. The first-order valence-corrected chi connectivity index (χ1v) is 9.82. The number of hydrogen-bond donors (Lipinski definition) is 2. The van der Waals surface area contributed by atoms with Crippen LogP contribution in [0.5, 0.6) is 11.5 Å². The number of hydrazone groups is 1. The number of benzene rings is 1. The molecule has 30 heavy (non-hydrogen) atoms. The maximum absolute atomic E-state index is 12.2. The number of rotatable bonds is 10. The van der Waals surface area contributed by atoms with E-state index in [9.17, 15) is 14.4 Å². The molecule has 1 aromatic carbocycles. The summed E-state index contributed by atoms with van der Waals surface area (Å²) in [4.78, 5) is 37.1. The molecule has 0 atom stereocenters. The van der Waals surface area contributed by atoms with E-state index < -0.39 is 11.8 Å². The van der Waals surface area contributed by atoms with Gasteiger partial charge in [0.25, 0.3) is 5.91 Å². The summed E-state index contributed by atoms with van der Waals surface area (Å²) in [5.74, 6) is -0.826. The van der Waals surface area contributed by atoms with Crippen LogP contribution < -0.4 is 20.2 Å². The van der Waals surface area contributed by atoms with Crippen LogP contribution in [0.4, 0.5) is 0 Å². The van der Waals surface area contributed by atoms with E-state index in [-0.39, 0.29) is 19.1 Å². The highest BCUT2D eigenvalue weighted by Gasteiger charge is 2.19. The van der Waals surface area contributed by atoms with Crippen molar-refractivity contribution >= 4 is 23.9 Å². The third kappa shape index (κ3) is 7.36. The number of likely N-dealkylation sites (tertiary alicyclic amines) is 1. The predicted octanol–water partition coefficient (Wildman–Crippen LogP) is 0.299. The minimum Gasteiger partial charge on any atom is -0.490 e. The normalized spacial score (nSPS) is 13.3. The molecule has 3 amide bonds. The number of nitrogens with zero attached hydrogens (tertiary/aromatic N) is 2. The molecule has 1 fully saturated rings. The Labute approximate surface area is 175 Å². The lowest BCUT2D eigenvalue weighted by Crippen LogP contribution is -2.39. The first kappa shape index (κ1) is 23.1. The minimum absolute atomic E-state index is 0.0490. The summed E-state index contributed by atoms with van der Waals surface area (Å²) in [5.41, 5.74) is 2.77. The molecule has 1 aliphatic heterocycles. The van der Waals surface area contributed by atoms with Gasteiger partial charge in [-0.2, -0.15) is 5.10 Å². The second-order valence-corrected chi connectivity index (χ2v) is 6.46. The second-order valence-electron chi connectivity index (χ2n) is 6.46. The van der Waals surface area contributed by atoms with E-state index in [1.165, 1.54) is 13.3 Å². The van der Waals surface area contributed by atoms with Crippen molar-refractivity contribution in [3.8, 4) is 11.5 Å². The number of carbonyl (C=O) groups excluding carboxylic acids is 3. The third-order valence-corrected chi connectivity index (χ3v) is 4.26. The minimum atomic E-state index is -0.882. The zero-order valence-electron chi connectivity index (χ0n) is 17.3. The molecule has 0 spiro atoms. The van der Waals surface area contributed by atoms with Crippen LogP contribution in [-0.4, -0.2) is 75.4 Å². The Balaban J connectivity index is 1.91. The van der Waals surface area contributed by atoms with Gasteiger partial charge in [-0.25, -0.2) is 5.43 Å². The van der Waals surface area contributed by atoms with Crippen LogP contribution in [0, 0.1) is 0 Å². The van der Waals surface area contributed by atoms with Gasteiger partial charge in [0.05, 0.1) is 19.4 Å². The molecule has 10 heteroatoms. The Morgan fingerprint density at radius 1 is 1.13 bits per heavy atom. The van der Waals surface area contributed by atoms with Gasteiger partial charge in [0, 0.05) is 26.7 Å². The number of nitrogens with one attached hydrogen (secondary N) is 2. The Hall–Kier alpha value is -3.14. The number of hydrogen-bond acceptors (Lipinski definition) is 7. The smallest absolute Gasteiger partial charge is 0.329 e. The molecule has 1 aliphatic rings. The lowest BCUT2D eigenvalue weighted by molar-refractivity contribution is -0.139. The van der Waals surface area contributed by atoms with Gasteiger partial charge in [0.1, 0.15) is 0 Å². The van der Waals surface area contributed by atoms with E-state index >= 15 is 0 Å². The van der Waals surface area contributed by atoms with Crippen molar-refractivity contribution in [1.82, 2.24) is 15.6 Å². The fourth-order valence-electron chi connectivity index (χ4n) is 2.75. The number of methoxy groups -OCH3 is 1. The summed E-state index contributed by atoms with van der Waals surface area (Å²) in [6, 6.07) is 5.04. The quantitative estimate of drug-likeness (QED) is 0.243. The van der Waals surface area contributed by atoms with Crippen LogP contribution in [0.25, 0.3) is 0 Å². The van der Waals surface area contributed by atoms with Crippen LogP contribution in [0.2, 0.25) is 0 Å². The Bertz CT molecular complexity index is 762. The van der Waals surface area contributed by atoms with Crippen molar-refractivity contribution in [1.29, 1.82) is 0 Å². The zero-order chi connectivity index (χ0) is 21.8. The highest BCUT2D eigenvalue weighted by molar-refractivity contribution is 6.35. The lowest BCUT2D eigenvalue weighted by Gasteiger charge is -2.17. The molecule has 164 valence electrons. The average molecular weight is 420 g/mol. The number of carbonyl (C=O) groups is 3. The summed E-state index contributed by atoms with van der Waals surface area (Å²) in [7, 11) is 1.49. The first-order valence-electron chi connectivity index (χ1n) is 9.82. The zero-order valence-corrected chi connectivity index (χ0v) is 17.3. The fourth-order valence-corrected chi connectivity index (χ4v) is 2.75. The van der Waals surface area contributed by atoms with E-state index in [4.69, 9.17) is 14.2 Å². The molecule has 0 aromatic heterocycles. The molecule has 0 aliphatic carbocycles. The van der Waals surface area contributed by atoms with Crippen LogP contribution in [0.1, 0.15) is 25.3 Å². The van der Waals surface area contributed by atoms with Crippen molar-refractivity contribution < 1.29 is 28.6 Å². The molecule has 2 N–H and O–H groups in total. The molecule has 0 unspecified atom stereocenters. The van der Waals surface area contributed by atoms with Crippen molar-refractivity contribution in [2.45, 2.75) is 19.8 Å². The molecular formula is C20H28N4O6. The van der Waals surface area contributed by atoms with E-state index in [2.05, 4.69) is 15.8 Å². The van der Waals surface area contributed by atoms with E-state index in [1.54, 1.807) is 23.1 Å². The van der Waals surface area contributed by atoms with Gasteiger partial charge in [-0.15, -0.1) is 0 Å². The highest BCUT2D eigenvalue weighted by Crippen LogP contribution is 2.28. The molecule has 0 radical (unpaired) electrons. The average Bonchev–Trinajstić information content (AvgIpc) is 3.28. The molecule has 1 aromatic rings. The predicted molar refractivity (Wildman–Crippen MR) is 110 cm³/mol. The molecule has 1 saturated heterocycles. The largest absolute Gasteiger partial charge is 0.490 e. The molecular weight excluding hydrogens is 392 g/mol. The van der Waals surface area contributed by atoms with Gasteiger partial charge < -0.3 is 24.4 Å². The lowest BCUT2D eigenvalue weighted by atomic mass is 10.2. The molecule has 10 nitrogen and oxygen atoms in total. The maximum Gasteiger partial charge on any atom is 0.329 e. The van der Waals surface area contributed by atoms with Gasteiger partial charge in [0.15, 0.2) is 18.1 Å². The van der Waals surface area contributed by atoms with Crippen LogP contribution in [0.15, 0.2) is 23.3 Å². The van der Waals surface area contributed by atoms with Crippen molar-refractivity contribution in [3.63, 3.8) is 0 Å². The monoisotopic (exact) mass is 420 g/mol. The van der Waals surface area contributed by atoms with E-state index in [1.807, 2.05) is 6.92 Å².